The molecule has 1 aromatic carbocycles. The number of nitrogens with zero attached hydrogens (tertiary/aromatic N) is 3. The van der Waals surface area contributed by atoms with Gasteiger partial charge in [-0.3, -0.25) is 4.79 Å². The van der Waals surface area contributed by atoms with Gasteiger partial charge in [0, 0.05) is 18.7 Å². The first-order valence-corrected chi connectivity index (χ1v) is 17.9. The van der Waals surface area contributed by atoms with Crippen molar-refractivity contribution in [2.24, 2.45) is 5.92 Å². The van der Waals surface area contributed by atoms with Gasteiger partial charge in [-0.05, 0) is 85.5 Å². The van der Waals surface area contributed by atoms with E-state index in [1.807, 2.05) is 13.0 Å². The molecule has 0 unspecified atom stereocenters. The minimum absolute atomic E-state index is 0.0137. The number of benzene rings is 1. The Hall–Kier alpha value is -2.16. The van der Waals surface area contributed by atoms with E-state index in [-0.39, 0.29) is 16.9 Å². The zero-order valence-electron chi connectivity index (χ0n) is 25.9. The Morgan fingerprint density at radius 1 is 1.10 bits per heavy atom. The smallest absolute Gasteiger partial charge is 0.306 e. The third kappa shape index (κ3) is 8.67. The highest BCUT2D eigenvalue weighted by molar-refractivity contribution is 6.74. The molecule has 40 heavy (non-hydrogen) atoms. The van der Waals surface area contributed by atoms with Crippen molar-refractivity contribution in [2.75, 3.05) is 23.9 Å². The zero-order chi connectivity index (χ0) is 29.7. The van der Waals surface area contributed by atoms with E-state index in [4.69, 9.17) is 20.8 Å². The molecule has 9 heteroatoms. The predicted octanol–water partition coefficient (Wildman–Crippen LogP) is 8.34. The number of methoxy groups -OCH3 is 1. The van der Waals surface area contributed by atoms with Gasteiger partial charge in [-0.1, -0.05) is 59.2 Å². The lowest BCUT2D eigenvalue weighted by atomic mass is 9.90. The molecule has 1 saturated carbocycles. The second-order valence-electron chi connectivity index (χ2n) is 13.2. The molecule has 0 spiro atoms. The van der Waals surface area contributed by atoms with Crippen molar-refractivity contribution in [3.8, 4) is 0 Å². The fourth-order valence-electron chi connectivity index (χ4n) is 5.09. The van der Waals surface area contributed by atoms with Crippen LogP contribution in [0.2, 0.25) is 23.3 Å². The maximum Gasteiger partial charge on any atom is 0.306 e. The highest BCUT2D eigenvalue weighted by Crippen LogP contribution is 2.41. The third-order valence-corrected chi connectivity index (χ3v) is 13.1. The topological polar surface area (TPSA) is 76.6 Å². The molecule has 0 radical (unpaired) electrons. The van der Waals surface area contributed by atoms with Gasteiger partial charge in [0.15, 0.2) is 19.3 Å². The van der Waals surface area contributed by atoms with Gasteiger partial charge in [0.05, 0.1) is 24.9 Å². The number of carbonyl (C=O) groups excluding carboxylic acids is 1. The second-order valence-corrected chi connectivity index (χ2v) is 18.3. The van der Waals surface area contributed by atoms with Gasteiger partial charge < -0.3 is 19.4 Å². The van der Waals surface area contributed by atoms with E-state index < -0.39 is 8.32 Å². The molecule has 0 amide bonds. The zero-order valence-corrected chi connectivity index (χ0v) is 27.6. The molecule has 1 aliphatic carbocycles. The Kier molecular flexibility index (Phi) is 11.1. The molecule has 0 bridgehead atoms. The summed E-state index contributed by atoms with van der Waals surface area (Å²) in [4.78, 5) is 14.6. The van der Waals surface area contributed by atoms with Gasteiger partial charge in [-0.15, -0.1) is 10.2 Å². The molecular weight excluding hydrogens is 540 g/mol. The van der Waals surface area contributed by atoms with Crippen LogP contribution in [0, 0.1) is 5.92 Å². The van der Waals surface area contributed by atoms with Crippen LogP contribution < -0.4 is 10.2 Å². The van der Waals surface area contributed by atoms with Gasteiger partial charge in [-0.25, -0.2) is 0 Å². The van der Waals surface area contributed by atoms with Gasteiger partial charge in [0.25, 0.3) is 0 Å². The monoisotopic (exact) mass is 588 g/mol. The first-order chi connectivity index (χ1) is 18.7. The summed E-state index contributed by atoms with van der Waals surface area (Å²) in [7, 11) is -0.368. The summed E-state index contributed by atoms with van der Waals surface area (Å²) in [6.07, 6.45) is 4.99. The van der Waals surface area contributed by atoms with Crippen molar-refractivity contribution in [3.63, 3.8) is 0 Å². The highest BCUT2D eigenvalue weighted by Gasteiger charge is 2.40. The van der Waals surface area contributed by atoms with Crippen LogP contribution in [0.25, 0.3) is 0 Å². The van der Waals surface area contributed by atoms with Gasteiger partial charge in [0.1, 0.15) is 0 Å². The highest BCUT2D eigenvalue weighted by atomic mass is 35.5. The molecule has 7 nitrogen and oxygen atoms in total. The van der Waals surface area contributed by atoms with Crippen LogP contribution in [0.5, 0.6) is 0 Å². The summed E-state index contributed by atoms with van der Waals surface area (Å²) >= 11 is 6.00. The number of rotatable bonds is 11. The van der Waals surface area contributed by atoms with Crippen LogP contribution in [0.3, 0.4) is 0 Å². The Morgan fingerprint density at radius 2 is 1.77 bits per heavy atom. The maximum absolute atomic E-state index is 12.0. The Balaban J connectivity index is 1.90. The fraction of sp³-hybridized carbons (Fsp3) is 0.645. The van der Waals surface area contributed by atoms with Crippen LogP contribution in [-0.2, 0) is 14.0 Å². The molecule has 1 aromatic heterocycles. The molecule has 1 aliphatic rings. The predicted molar refractivity (Wildman–Crippen MR) is 168 cm³/mol. The third-order valence-electron chi connectivity index (χ3n) is 8.41. The summed E-state index contributed by atoms with van der Waals surface area (Å²) < 4.78 is 11.7. The largest absolute Gasteiger partial charge is 0.469 e. The quantitative estimate of drug-likeness (QED) is 0.209. The summed E-state index contributed by atoms with van der Waals surface area (Å²) in [5.41, 5.74) is 3.15. The van der Waals surface area contributed by atoms with Crippen LogP contribution in [0.15, 0.2) is 30.3 Å². The van der Waals surface area contributed by atoms with E-state index in [2.05, 4.69) is 86.3 Å². The molecule has 1 atom stereocenters. The number of ether oxygens (including phenoxy) is 1. The molecule has 1 fully saturated rings. The van der Waals surface area contributed by atoms with Crippen LogP contribution in [-0.4, -0.2) is 50.3 Å². The van der Waals surface area contributed by atoms with Crippen LogP contribution in [0.1, 0.15) is 85.1 Å². The van der Waals surface area contributed by atoms with Crippen molar-refractivity contribution in [3.05, 3.63) is 41.0 Å². The van der Waals surface area contributed by atoms with Crippen LogP contribution in [0.4, 0.5) is 17.2 Å². The van der Waals surface area contributed by atoms with E-state index in [9.17, 15) is 4.79 Å². The van der Waals surface area contributed by atoms with E-state index >= 15 is 0 Å². The standard InChI is InChI=1S/C31H49ClN4O3Si/c1-21(2)20-36(24-11-13-25(14-12-24)39-40(8,9)31(4,5)6)27-15-10-23(22(3)18-30(37)38-7)19-26(27)33-29-17-16-28(32)34-35-29/h10,15-17,19,21-22,24-25H,11-14,18,20H2,1-9H3,(H,33,35)/t22-,24?,25?/m1/s1. The van der Waals surface area contributed by atoms with Crippen molar-refractivity contribution >= 4 is 43.1 Å². The number of hydrogen-bond acceptors (Lipinski definition) is 7. The number of hydrogen-bond donors (Lipinski definition) is 1. The van der Waals surface area contributed by atoms with Gasteiger partial charge >= 0.3 is 5.97 Å². The van der Waals surface area contributed by atoms with E-state index in [0.29, 0.717) is 35.5 Å². The lowest BCUT2D eigenvalue weighted by Gasteiger charge is -2.44. The number of halogens is 1. The lowest BCUT2D eigenvalue weighted by Crippen LogP contribution is -2.47. The van der Waals surface area contributed by atoms with E-state index in [0.717, 1.165) is 49.2 Å². The fourth-order valence-corrected chi connectivity index (χ4v) is 6.61. The summed E-state index contributed by atoms with van der Waals surface area (Å²) in [5, 5.41) is 12.3. The Bertz CT molecular complexity index is 1110. The Labute approximate surface area is 247 Å². The SMILES string of the molecule is COC(=O)C[C@@H](C)c1ccc(N(CC(C)C)C2CCC(O[Si](C)(C)C(C)(C)C)CC2)c(Nc2ccc(Cl)nn2)c1. The van der Waals surface area contributed by atoms with E-state index in [1.165, 1.54) is 7.11 Å². The molecule has 0 aliphatic heterocycles. The van der Waals surface area contributed by atoms with Crippen molar-refractivity contribution < 1.29 is 14.0 Å². The molecule has 2 aromatic rings. The number of aromatic nitrogens is 2. The summed E-state index contributed by atoms with van der Waals surface area (Å²) in [6, 6.07) is 10.4. The minimum atomic E-state index is -1.80. The average molecular weight is 589 g/mol. The molecule has 1 heterocycles. The lowest BCUT2D eigenvalue weighted by molar-refractivity contribution is -0.140. The minimum Gasteiger partial charge on any atom is -0.469 e. The van der Waals surface area contributed by atoms with E-state index in [1.54, 1.807) is 6.07 Å². The number of esters is 1. The molecular formula is C31H49ClN4O3Si. The van der Waals surface area contributed by atoms with Crippen molar-refractivity contribution in [1.29, 1.82) is 0 Å². The summed E-state index contributed by atoms with van der Waals surface area (Å²) in [5.74, 6) is 0.911. The van der Waals surface area contributed by atoms with Crippen LogP contribution >= 0.6 is 11.6 Å². The Morgan fingerprint density at radius 3 is 2.33 bits per heavy atom. The molecule has 1 N–H and O–H groups in total. The van der Waals surface area contributed by atoms with Crippen molar-refractivity contribution in [1.82, 2.24) is 10.2 Å². The molecule has 3 rings (SSSR count). The number of anilines is 3. The number of nitrogens with one attached hydrogen (secondary N) is 1. The first kappa shape index (κ1) is 32.4. The first-order valence-electron chi connectivity index (χ1n) is 14.6. The summed E-state index contributed by atoms with van der Waals surface area (Å²) in [6.45, 7) is 19.2. The number of carbonyl (C=O) groups is 1. The van der Waals surface area contributed by atoms with Gasteiger partial charge in [0.2, 0.25) is 0 Å². The molecule has 0 saturated heterocycles. The average Bonchev–Trinajstić information content (AvgIpc) is 2.88. The second kappa shape index (κ2) is 13.7. The van der Waals surface area contributed by atoms with Crippen molar-refractivity contribution in [2.45, 2.75) is 110 Å². The molecule has 222 valence electrons. The maximum atomic E-state index is 12.0. The van der Waals surface area contributed by atoms with Gasteiger partial charge in [-0.2, -0.15) is 0 Å². The normalized spacial score (nSPS) is 18.9.